The largest absolute Gasteiger partial charge is 0.495 e. The monoisotopic (exact) mass is 231 g/mol. The number of rotatable bonds is 3. The summed E-state index contributed by atoms with van der Waals surface area (Å²) in [5, 5.41) is 0.937. The number of carbonyl (C=O) groups excluding carboxylic acids is 1. The van der Waals surface area contributed by atoms with Crippen LogP contribution in [0.5, 0.6) is 5.75 Å². The third-order valence-electron chi connectivity index (χ3n) is 2.48. The third-order valence-corrected chi connectivity index (χ3v) is 2.48. The number of aromatic nitrogens is 1. The molecule has 88 valence electrons. The zero-order valence-corrected chi connectivity index (χ0v) is 9.43. The first-order chi connectivity index (χ1) is 8.22. The third kappa shape index (κ3) is 2.51. The number of pyridine rings is 1. The number of hydrogen-bond donors (Lipinski definition) is 2. The second-order valence-corrected chi connectivity index (χ2v) is 3.65. The molecule has 1 aromatic carbocycles. The second kappa shape index (κ2) is 4.80. The molecule has 0 spiro atoms. The number of ether oxygens (including phenoxy) is 1. The summed E-state index contributed by atoms with van der Waals surface area (Å²) >= 11 is 0. The van der Waals surface area contributed by atoms with E-state index >= 15 is 0 Å². The molecule has 0 bridgehead atoms. The molecule has 0 aliphatic carbocycles. The van der Waals surface area contributed by atoms with E-state index in [0.29, 0.717) is 5.75 Å². The Balaban J connectivity index is 2.37. The number of carbonyl (C=O) groups is 1. The minimum absolute atomic E-state index is 0.222. The van der Waals surface area contributed by atoms with Gasteiger partial charge in [-0.05, 0) is 23.8 Å². The van der Waals surface area contributed by atoms with Gasteiger partial charge in [-0.1, -0.05) is 6.07 Å². The summed E-state index contributed by atoms with van der Waals surface area (Å²) in [7, 11) is 1.59. The molecule has 0 fully saturated rings. The molecule has 0 atom stereocenters. The van der Waals surface area contributed by atoms with Gasteiger partial charge in [0.05, 0.1) is 25.2 Å². The van der Waals surface area contributed by atoms with Crippen LogP contribution in [-0.2, 0) is 11.2 Å². The van der Waals surface area contributed by atoms with Crippen molar-refractivity contribution in [3.05, 3.63) is 36.0 Å². The van der Waals surface area contributed by atoms with E-state index in [1.165, 1.54) is 0 Å². The van der Waals surface area contributed by atoms with Gasteiger partial charge in [0.25, 0.3) is 0 Å². The number of nitrogens with zero attached hydrogens (tertiary/aromatic N) is 1. The van der Waals surface area contributed by atoms with Gasteiger partial charge in [-0.2, -0.15) is 0 Å². The molecule has 3 N–H and O–H groups in total. The summed E-state index contributed by atoms with van der Waals surface area (Å²) in [5.41, 5.74) is 3.85. The summed E-state index contributed by atoms with van der Waals surface area (Å²) in [6.07, 6.45) is 1.91. The Bertz CT molecular complexity index is 554. The highest BCUT2D eigenvalue weighted by atomic mass is 16.5. The number of hydrogen-bond acceptors (Lipinski definition) is 4. The van der Waals surface area contributed by atoms with Crippen LogP contribution in [0.1, 0.15) is 5.56 Å². The van der Waals surface area contributed by atoms with Crippen LogP contribution in [0, 0.1) is 0 Å². The molecule has 0 radical (unpaired) electrons. The molecule has 5 heteroatoms. The van der Waals surface area contributed by atoms with Gasteiger partial charge in [-0.25, -0.2) is 5.84 Å². The van der Waals surface area contributed by atoms with Crippen LogP contribution in [0.15, 0.2) is 30.5 Å². The fourth-order valence-electron chi connectivity index (χ4n) is 1.62. The smallest absolute Gasteiger partial charge is 0.238 e. The highest BCUT2D eigenvalue weighted by Crippen LogP contribution is 2.19. The number of hydrazine groups is 1. The summed E-state index contributed by atoms with van der Waals surface area (Å²) in [4.78, 5) is 15.4. The van der Waals surface area contributed by atoms with Crippen LogP contribution in [-0.4, -0.2) is 18.0 Å². The van der Waals surface area contributed by atoms with Crippen LogP contribution in [0.25, 0.3) is 10.9 Å². The summed E-state index contributed by atoms with van der Waals surface area (Å²) in [5.74, 6) is 5.52. The van der Waals surface area contributed by atoms with E-state index in [1.807, 2.05) is 24.3 Å². The highest BCUT2D eigenvalue weighted by molar-refractivity contribution is 5.83. The molecule has 0 saturated heterocycles. The van der Waals surface area contributed by atoms with Gasteiger partial charge in [-0.3, -0.25) is 15.2 Å². The molecule has 2 rings (SSSR count). The van der Waals surface area contributed by atoms with Crippen molar-refractivity contribution in [3.8, 4) is 5.75 Å². The van der Waals surface area contributed by atoms with E-state index in [4.69, 9.17) is 10.6 Å². The Morgan fingerprint density at radius 1 is 1.47 bits per heavy atom. The van der Waals surface area contributed by atoms with Gasteiger partial charge < -0.3 is 4.74 Å². The van der Waals surface area contributed by atoms with Crippen molar-refractivity contribution in [1.29, 1.82) is 0 Å². The molecule has 0 aliphatic rings. The molecule has 0 unspecified atom stereocenters. The molecule has 1 amide bonds. The van der Waals surface area contributed by atoms with Crippen LogP contribution in [0.4, 0.5) is 0 Å². The molecule has 1 heterocycles. The standard InChI is InChI=1S/C12H13N3O2/c1-17-10-6-9-4-8(5-12(16)15-13)2-3-11(9)14-7-10/h2-4,6-7H,5,13H2,1H3,(H,15,16). The van der Waals surface area contributed by atoms with Gasteiger partial charge in [-0.15, -0.1) is 0 Å². The predicted octanol–water partition coefficient (Wildman–Crippen LogP) is 0.776. The van der Waals surface area contributed by atoms with Crippen LogP contribution < -0.4 is 16.0 Å². The Labute approximate surface area is 98.6 Å². The first-order valence-electron chi connectivity index (χ1n) is 5.15. The van der Waals surface area contributed by atoms with Crippen molar-refractivity contribution in [2.45, 2.75) is 6.42 Å². The predicted molar refractivity (Wildman–Crippen MR) is 64.3 cm³/mol. The van der Waals surface area contributed by atoms with Crippen LogP contribution in [0.3, 0.4) is 0 Å². The van der Waals surface area contributed by atoms with Crippen molar-refractivity contribution < 1.29 is 9.53 Å². The Hall–Kier alpha value is -2.14. The maximum atomic E-state index is 11.2. The van der Waals surface area contributed by atoms with E-state index in [1.54, 1.807) is 13.3 Å². The molecule has 5 nitrogen and oxygen atoms in total. The number of nitrogens with two attached hydrogens (primary N) is 1. The fourth-order valence-corrected chi connectivity index (χ4v) is 1.62. The normalized spacial score (nSPS) is 10.2. The van der Waals surface area contributed by atoms with E-state index in [0.717, 1.165) is 16.5 Å². The van der Waals surface area contributed by atoms with Gasteiger partial charge in [0.15, 0.2) is 0 Å². The zero-order valence-electron chi connectivity index (χ0n) is 9.43. The quantitative estimate of drug-likeness (QED) is 0.465. The van der Waals surface area contributed by atoms with Crippen molar-refractivity contribution in [2.75, 3.05) is 7.11 Å². The van der Waals surface area contributed by atoms with E-state index < -0.39 is 0 Å². The highest BCUT2D eigenvalue weighted by Gasteiger charge is 2.03. The summed E-state index contributed by atoms with van der Waals surface area (Å²) in [6.45, 7) is 0. The van der Waals surface area contributed by atoms with E-state index in [-0.39, 0.29) is 12.3 Å². The first-order valence-corrected chi connectivity index (χ1v) is 5.15. The number of benzene rings is 1. The van der Waals surface area contributed by atoms with Crippen molar-refractivity contribution in [2.24, 2.45) is 5.84 Å². The number of nitrogens with one attached hydrogen (secondary N) is 1. The van der Waals surface area contributed by atoms with Gasteiger partial charge in [0.1, 0.15) is 5.75 Å². The number of methoxy groups -OCH3 is 1. The zero-order chi connectivity index (χ0) is 12.3. The van der Waals surface area contributed by atoms with Gasteiger partial charge >= 0.3 is 0 Å². The molecule has 0 saturated carbocycles. The van der Waals surface area contributed by atoms with Crippen molar-refractivity contribution in [3.63, 3.8) is 0 Å². The average molecular weight is 231 g/mol. The van der Waals surface area contributed by atoms with Crippen LogP contribution >= 0.6 is 0 Å². The lowest BCUT2D eigenvalue weighted by atomic mass is 10.1. The molecular weight excluding hydrogens is 218 g/mol. The lowest BCUT2D eigenvalue weighted by molar-refractivity contribution is -0.120. The van der Waals surface area contributed by atoms with Crippen molar-refractivity contribution in [1.82, 2.24) is 10.4 Å². The van der Waals surface area contributed by atoms with Gasteiger partial charge in [0, 0.05) is 5.39 Å². The Kier molecular flexibility index (Phi) is 3.20. The summed E-state index contributed by atoms with van der Waals surface area (Å²) < 4.78 is 5.10. The summed E-state index contributed by atoms with van der Waals surface area (Å²) in [6, 6.07) is 7.51. The Morgan fingerprint density at radius 2 is 2.29 bits per heavy atom. The Morgan fingerprint density at radius 3 is 3.00 bits per heavy atom. The molecule has 0 aliphatic heterocycles. The first kappa shape index (κ1) is 11.3. The fraction of sp³-hybridized carbons (Fsp3) is 0.167. The lowest BCUT2D eigenvalue weighted by Crippen LogP contribution is -2.31. The number of fused-ring (bicyclic) bond motifs is 1. The molecule has 1 aromatic heterocycles. The van der Waals surface area contributed by atoms with E-state index in [9.17, 15) is 4.79 Å². The van der Waals surface area contributed by atoms with E-state index in [2.05, 4.69) is 10.4 Å². The van der Waals surface area contributed by atoms with Crippen molar-refractivity contribution >= 4 is 16.8 Å². The second-order valence-electron chi connectivity index (χ2n) is 3.65. The maximum Gasteiger partial charge on any atom is 0.238 e. The van der Waals surface area contributed by atoms with Gasteiger partial charge in [0.2, 0.25) is 5.91 Å². The average Bonchev–Trinajstić information content (AvgIpc) is 2.37. The molecule has 2 aromatic rings. The molecule has 17 heavy (non-hydrogen) atoms. The van der Waals surface area contributed by atoms with Crippen LogP contribution in [0.2, 0.25) is 0 Å². The maximum absolute atomic E-state index is 11.2. The molecular formula is C12H13N3O2. The lowest BCUT2D eigenvalue weighted by Gasteiger charge is -2.04. The minimum Gasteiger partial charge on any atom is -0.495 e. The SMILES string of the molecule is COc1cnc2ccc(CC(=O)NN)cc2c1. The topological polar surface area (TPSA) is 77.2 Å². The minimum atomic E-state index is -0.222. The number of amides is 1.